The minimum absolute atomic E-state index is 0.0801. The van der Waals surface area contributed by atoms with Crippen LogP contribution in [0, 0.1) is 16.0 Å². The van der Waals surface area contributed by atoms with Gasteiger partial charge in [-0.3, -0.25) is 19.7 Å². The number of amides is 2. The van der Waals surface area contributed by atoms with E-state index in [1.165, 1.54) is 18.2 Å². The lowest BCUT2D eigenvalue weighted by Crippen LogP contribution is -2.46. The first-order valence-corrected chi connectivity index (χ1v) is 9.81. The number of rotatable bonds is 8. The third-order valence-electron chi connectivity index (χ3n) is 4.10. The average molecular weight is 468 g/mol. The number of ether oxygens (including phenoxy) is 1. The van der Waals surface area contributed by atoms with E-state index in [1.54, 1.807) is 32.0 Å². The van der Waals surface area contributed by atoms with Crippen LogP contribution in [0.15, 0.2) is 42.5 Å². The van der Waals surface area contributed by atoms with Crippen molar-refractivity contribution in [3.05, 3.63) is 68.2 Å². The van der Waals surface area contributed by atoms with E-state index in [1.807, 2.05) is 0 Å². The Morgan fingerprint density at radius 3 is 2.39 bits per heavy atom. The molecular formula is C20H19Cl2N3O6. The van der Waals surface area contributed by atoms with Crippen LogP contribution in [-0.4, -0.2) is 35.4 Å². The molecular weight excluding hydrogens is 449 g/mol. The quantitative estimate of drug-likeness (QED) is 0.344. The summed E-state index contributed by atoms with van der Waals surface area (Å²) in [4.78, 5) is 47.2. The smallest absolute Gasteiger partial charge is 0.329 e. The zero-order valence-corrected chi connectivity index (χ0v) is 18.1. The van der Waals surface area contributed by atoms with E-state index in [9.17, 15) is 24.5 Å². The third kappa shape index (κ3) is 6.66. The Labute approximate surface area is 187 Å². The van der Waals surface area contributed by atoms with E-state index in [0.717, 1.165) is 6.07 Å². The first-order chi connectivity index (χ1) is 14.6. The van der Waals surface area contributed by atoms with Crippen LogP contribution in [0.25, 0.3) is 0 Å². The van der Waals surface area contributed by atoms with Crippen LogP contribution in [0.4, 0.5) is 11.4 Å². The van der Waals surface area contributed by atoms with Gasteiger partial charge in [-0.1, -0.05) is 49.2 Å². The van der Waals surface area contributed by atoms with Gasteiger partial charge in [0.05, 0.1) is 15.5 Å². The Morgan fingerprint density at radius 1 is 1.10 bits per heavy atom. The van der Waals surface area contributed by atoms with Gasteiger partial charge in [-0.25, -0.2) is 4.79 Å². The van der Waals surface area contributed by atoms with Gasteiger partial charge in [-0.2, -0.15) is 0 Å². The summed E-state index contributed by atoms with van der Waals surface area (Å²) in [6, 6.07) is 9.06. The molecule has 0 saturated carbocycles. The maximum absolute atomic E-state index is 12.4. The van der Waals surface area contributed by atoms with E-state index in [-0.39, 0.29) is 32.9 Å². The monoisotopic (exact) mass is 467 g/mol. The molecule has 2 aromatic rings. The fraction of sp³-hybridized carbons (Fsp3) is 0.250. The Hall–Kier alpha value is -3.17. The summed E-state index contributed by atoms with van der Waals surface area (Å²) in [6.07, 6.45) is 0. The van der Waals surface area contributed by atoms with Crippen LogP contribution in [0.3, 0.4) is 0 Å². The normalized spacial score (nSPS) is 11.5. The second kappa shape index (κ2) is 10.7. The maximum atomic E-state index is 12.4. The van der Waals surface area contributed by atoms with Gasteiger partial charge in [-0.15, -0.1) is 0 Å². The van der Waals surface area contributed by atoms with Crippen molar-refractivity contribution in [2.75, 3.05) is 11.9 Å². The van der Waals surface area contributed by atoms with Crippen LogP contribution >= 0.6 is 23.2 Å². The minimum atomic E-state index is -1.02. The van der Waals surface area contributed by atoms with Crippen molar-refractivity contribution in [1.82, 2.24) is 5.32 Å². The maximum Gasteiger partial charge on any atom is 0.329 e. The zero-order chi connectivity index (χ0) is 23.1. The molecule has 0 unspecified atom stereocenters. The average Bonchev–Trinajstić information content (AvgIpc) is 2.71. The number of nitro benzene ring substituents is 1. The third-order valence-corrected chi connectivity index (χ3v) is 4.75. The number of benzene rings is 2. The lowest BCUT2D eigenvalue weighted by molar-refractivity contribution is -0.384. The summed E-state index contributed by atoms with van der Waals surface area (Å²) in [5.74, 6) is -2.42. The topological polar surface area (TPSA) is 128 Å². The van der Waals surface area contributed by atoms with Crippen molar-refractivity contribution in [2.24, 2.45) is 5.92 Å². The molecule has 0 fully saturated rings. The zero-order valence-electron chi connectivity index (χ0n) is 16.6. The van der Waals surface area contributed by atoms with E-state index in [0.29, 0.717) is 0 Å². The highest BCUT2D eigenvalue weighted by Crippen LogP contribution is 2.27. The number of anilines is 1. The largest absolute Gasteiger partial charge is 0.454 e. The fourth-order valence-corrected chi connectivity index (χ4v) is 2.92. The molecule has 31 heavy (non-hydrogen) atoms. The molecule has 0 bridgehead atoms. The molecule has 11 heteroatoms. The van der Waals surface area contributed by atoms with E-state index < -0.39 is 35.4 Å². The Morgan fingerprint density at radius 2 is 1.77 bits per heavy atom. The SMILES string of the molecule is CC(C)[C@H](NC(=O)c1ccccc1Cl)C(=O)OCC(=O)Nc1ccc(Cl)c([N+](=O)[O-])c1. The minimum Gasteiger partial charge on any atom is -0.454 e. The van der Waals surface area contributed by atoms with Gasteiger partial charge in [0.2, 0.25) is 0 Å². The summed E-state index contributed by atoms with van der Waals surface area (Å²) < 4.78 is 5.01. The van der Waals surface area contributed by atoms with Gasteiger partial charge in [0.25, 0.3) is 17.5 Å². The van der Waals surface area contributed by atoms with Crippen molar-refractivity contribution < 1.29 is 24.0 Å². The van der Waals surface area contributed by atoms with Gasteiger partial charge in [0, 0.05) is 11.8 Å². The Kier molecular flexibility index (Phi) is 8.35. The molecule has 0 radical (unpaired) electrons. The van der Waals surface area contributed by atoms with Crippen molar-refractivity contribution in [3.8, 4) is 0 Å². The summed E-state index contributed by atoms with van der Waals surface area (Å²) in [7, 11) is 0. The van der Waals surface area contributed by atoms with Gasteiger partial charge in [0.15, 0.2) is 6.61 Å². The van der Waals surface area contributed by atoms with Crippen LogP contribution in [0.2, 0.25) is 10.0 Å². The summed E-state index contributed by atoms with van der Waals surface area (Å²) in [5.41, 5.74) is -0.0621. The van der Waals surface area contributed by atoms with Crippen LogP contribution in [0.1, 0.15) is 24.2 Å². The Balaban J connectivity index is 1.98. The summed E-state index contributed by atoms with van der Waals surface area (Å²) in [5, 5.41) is 16.0. The fourth-order valence-electron chi connectivity index (χ4n) is 2.52. The standard InChI is InChI=1S/C20H19Cl2N3O6/c1-11(2)18(24-19(27)13-5-3-4-6-14(13)21)20(28)31-10-17(26)23-12-7-8-15(22)16(9-12)25(29)30/h3-9,11,18H,10H2,1-2H3,(H,23,26)(H,24,27)/t18-/m0/s1. The van der Waals surface area contributed by atoms with Gasteiger partial charge >= 0.3 is 5.97 Å². The Bertz CT molecular complexity index is 1010. The second-order valence-corrected chi connectivity index (χ2v) is 7.57. The number of hydrogen-bond acceptors (Lipinski definition) is 6. The highest BCUT2D eigenvalue weighted by Gasteiger charge is 2.27. The molecule has 2 rings (SSSR count). The predicted molar refractivity (Wildman–Crippen MR) is 115 cm³/mol. The second-order valence-electron chi connectivity index (χ2n) is 6.75. The van der Waals surface area contributed by atoms with Gasteiger partial charge in [-0.05, 0) is 30.2 Å². The molecule has 2 N–H and O–H groups in total. The van der Waals surface area contributed by atoms with Crippen LogP contribution in [0.5, 0.6) is 0 Å². The van der Waals surface area contributed by atoms with E-state index >= 15 is 0 Å². The van der Waals surface area contributed by atoms with E-state index in [2.05, 4.69) is 10.6 Å². The predicted octanol–water partition coefficient (Wildman–Crippen LogP) is 3.84. The van der Waals surface area contributed by atoms with Crippen molar-refractivity contribution in [1.29, 1.82) is 0 Å². The highest BCUT2D eigenvalue weighted by molar-refractivity contribution is 6.34. The lowest BCUT2D eigenvalue weighted by atomic mass is 10.0. The molecule has 0 aliphatic rings. The molecule has 2 amide bonds. The number of halogens is 2. The molecule has 0 heterocycles. The van der Waals surface area contributed by atoms with E-state index in [4.69, 9.17) is 27.9 Å². The number of carbonyl (C=O) groups is 3. The molecule has 9 nitrogen and oxygen atoms in total. The molecule has 2 aromatic carbocycles. The molecule has 1 atom stereocenters. The lowest BCUT2D eigenvalue weighted by Gasteiger charge is -2.21. The summed E-state index contributed by atoms with van der Waals surface area (Å²) >= 11 is 11.7. The van der Waals surface area contributed by atoms with Gasteiger partial charge < -0.3 is 15.4 Å². The highest BCUT2D eigenvalue weighted by atomic mass is 35.5. The number of nitrogens with one attached hydrogen (secondary N) is 2. The van der Waals surface area contributed by atoms with Crippen molar-refractivity contribution in [2.45, 2.75) is 19.9 Å². The molecule has 0 saturated heterocycles. The molecule has 0 aromatic heterocycles. The van der Waals surface area contributed by atoms with Crippen LogP contribution in [-0.2, 0) is 14.3 Å². The molecule has 0 spiro atoms. The number of esters is 1. The van der Waals surface area contributed by atoms with Gasteiger partial charge in [0.1, 0.15) is 11.1 Å². The van der Waals surface area contributed by atoms with Crippen LogP contribution < -0.4 is 10.6 Å². The first kappa shape index (κ1) is 24.1. The number of hydrogen-bond donors (Lipinski definition) is 2. The summed E-state index contributed by atoms with van der Waals surface area (Å²) in [6.45, 7) is 2.75. The molecule has 0 aliphatic carbocycles. The molecule has 164 valence electrons. The van der Waals surface area contributed by atoms with Crippen molar-refractivity contribution >= 4 is 52.4 Å². The number of nitrogens with zero attached hydrogens (tertiary/aromatic N) is 1. The number of carbonyl (C=O) groups excluding carboxylic acids is 3. The molecule has 0 aliphatic heterocycles. The number of nitro groups is 1. The first-order valence-electron chi connectivity index (χ1n) is 9.06. The van der Waals surface area contributed by atoms with Crippen molar-refractivity contribution in [3.63, 3.8) is 0 Å².